The summed E-state index contributed by atoms with van der Waals surface area (Å²) in [5, 5.41) is 0. The minimum absolute atomic E-state index is 0.444. The second kappa shape index (κ2) is 8.65. The van der Waals surface area contributed by atoms with Crippen molar-refractivity contribution in [3.05, 3.63) is 0 Å². The van der Waals surface area contributed by atoms with Crippen molar-refractivity contribution in [3.63, 3.8) is 0 Å². The highest BCUT2D eigenvalue weighted by atomic mass is 16.1. The van der Waals surface area contributed by atoms with E-state index in [4.69, 9.17) is 0 Å². The van der Waals surface area contributed by atoms with Gasteiger partial charge in [0.15, 0.2) is 0 Å². The molecule has 0 aromatic carbocycles. The van der Waals surface area contributed by atoms with Gasteiger partial charge in [0.05, 0.1) is 0 Å². The van der Waals surface area contributed by atoms with Crippen LogP contribution in [0.15, 0.2) is 0 Å². The van der Waals surface area contributed by atoms with Gasteiger partial charge in [-0.3, -0.25) is 4.79 Å². The Morgan fingerprint density at radius 2 is 1.65 bits per heavy atom. The zero-order valence-corrected chi connectivity index (χ0v) is 11.6. The number of ketones is 1. The lowest BCUT2D eigenvalue weighted by Gasteiger charge is -2.27. The summed E-state index contributed by atoms with van der Waals surface area (Å²) >= 11 is 0. The lowest BCUT2D eigenvalue weighted by atomic mass is 10.1. The van der Waals surface area contributed by atoms with E-state index in [1.807, 2.05) is 0 Å². The van der Waals surface area contributed by atoms with Crippen molar-refractivity contribution in [2.75, 3.05) is 39.3 Å². The summed E-state index contributed by atoms with van der Waals surface area (Å²) in [5.41, 5.74) is 0. The van der Waals surface area contributed by atoms with Gasteiger partial charge in [-0.05, 0) is 45.4 Å². The average molecular weight is 240 g/mol. The third kappa shape index (κ3) is 6.18. The molecule has 3 nitrogen and oxygen atoms in total. The molecule has 0 bridgehead atoms. The molecule has 0 unspecified atom stereocenters. The summed E-state index contributed by atoms with van der Waals surface area (Å²) in [6.45, 7) is 11.3. The normalized spacial score (nSPS) is 17.9. The Morgan fingerprint density at radius 3 is 2.18 bits per heavy atom. The average Bonchev–Trinajstić information content (AvgIpc) is 2.32. The van der Waals surface area contributed by atoms with E-state index in [0.717, 1.165) is 32.5 Å². The summed E-state index contributed by atoms with van der Waals surface area (Å²) in [4.78, 5) is 16.1. The molecule has 1 rings (SSSR count). The van der Waals surface area contributed by atoms with Crippen LogP contribution in [0, 0.1) is 0 Å². The molecule has 1 saturated heterocycles. The largest absolute Gasteiger partial charge is 0.303 e. The minimum atomic E-state index is 0.444. The van der Waals surface area contributed by atoms with E-state index >= 15 is 0 Å². The number of nitrogens with zero attached hydrogens (tertiary/aromatic N) is 2. The highest BCUT2D eigenvalue weighted by Crippen LogP contribution is 2.06. The number of carbonyl (C=O) groups is 1. The van der Waals surface area contributed by atoms with Gasteiger partial charge < -0.3 is 9.80 Å². The van der Waals surface area contributed by atoms with Crippen LogP contribution >= 0.6 is 0 Å². The SMILES string of the molecule is CCCN(CCC)CCCN1CCC(=O)CC1. The molecule has 1 fully saturated rings. The topological polar surface area (TPSA) is 23.6 Å². The molecule has 1 aliphatic rings. The monoisotopic (exact) mass is 240 g/mol. The molecule has 0 amide bonds. The quantitative estimate of drug-likeness (QED) is 0.649. The lowest BCUT2D eigenvalue weighted by molar-refractivity contribution is -0.121. The van der Waals surface area contributed by atoms with Crippen LogP contribution < -0.4 is 0 Å². The highest BCUT2D eigenvalue weighted by Gasteiger charge is 2.15. The van der Waals surface area contributed by atoms with Crippen LogP contribution in [0.2, 0.25) is 0 Å². The molecular formula is C14H28N2O. The first kappa shape index (κ1) is 14.7. The van der Waals surface area contributed by atoms with Crippen molar-refractivity contribution in [1.29, 1.82) is 0 Å². The number of carbonyl (C=O) groups excluding carboxylic acids is 1. The van der Waals surface area contributed by atoms with E-state index in [1.54, 1.807) is 0 Å². The lowest BCUT2D eigenvalue weighted by Crippen LogP contribution is -2.36. The standard InChI is InChI=1S/C14H28N2O/c1-3-8-15(9-4-2)10-5-11-16-12-6-14(17)7-13-16/h3-13H2,1-2H3. The second-order valence-corrected chi connectivity index (χ2v) is 5.08. The molecule has 0 aliphatic carbocycles. The molecule has 0 radical (unpaired) electrons. The molecule has 3 heteroatoms. The van der Waals surface area contributed by atoms with Crippen molar-refractivity contribution < 1.29 is 4.79 Å². The van der Waals surface area contributed by atoms with Gasteiger partial charge in [0.1, 0.15) is 5.78 Å². The maximum Gasteiger partial charge on any atom is 0.135 e. The molecule has 0 saturated carbocycles. The van der Waals surface area contributed by atoms with Crippen molar-refractivity contribution in [2.24, 2.45) is 0 Å². The summed E-state index contributed by atoms with van der Waals surface area (Å²) in [5.74, 6) is 0.444. The first-order valence-electron chi connectivity index (χ1n) is 7.22. The van der Waals surface area contributed by atoms with Gasteiger partial charge in [0.2, 0.25) is 0 Å². The Morgan fingerprint density at radius 1 is 1.06 bits per heavy atom. The number of piperidine rings is 1. The zero-order chi connectivity index (χ0) is 12.5. The Balaban J connectivity index is 2.10. The van der Waals surface area contributed by atoms with Crippen LogP contribution in [-0.2, 0) is 4.79 Å². The van der Waals surface area contributed by atoms with Crippen LogP contribution in [0.4, 0.5) is 0 Å². The van der Waals surface area contributed by atoms with Crippen molar-refractivity contribution >= 4 is 5.78 Å². The van der Waals surface area contributed by atoms with Gasteiger partial charge in [-0.15, -0.1) is 0 Å². The predicted octanol–water partition coefficient (Wildman–Crippen LogP) is 2.16. The van der Waals surface area contributed by atoms with E-state index in [0.29, 0.717) is 5.78 Å². The molecule has 0 spiro atoms. The fraction of sp³-hybridized carbons (Fsp3) is 0.929. The Bertz CT molecular complexity index is 202. The molecular weight excluding hydrogens is 212 g/mol. The molecule has 1 aliphatic heterocycles. The molecule has 0 aromatic rings. The molecule has 0 aromatic heterocycles. The summed E-state index contributed by atoms with van der Waals surface area (Å²) in [6.07, 6.45) is 5.28. The van der Waals surface area contributed by atoms with Gasteiger partial charge in [-0.1, -0.05) is 13.8 Å². The smallest absolute Gasteiger partial charge is 0.135 e. The first-order chi connectivity index (χ1) is 8.26. The van der Waals surface area contributed by atoms with Crippen LogP contribution in [-0.4, -0.2) is 54.9 Å². The fourth-order valence-corrected chi connectivity index (χ4v) is 2.51. The Hall–Kier alpha value is -0.410. The van der Waals surface area contributed by atoms with Crippen LogP contribution in [0.3, 0.4) is 0 Å². The van der Waals surface area contributed by atoms with Crippen LogP contribution in [0.25, 0.3) is 0 Å². The summed E-state index contributed by atoms with van der Waals surface area (Å²) in [6, 6.07) is 0. The van der Waals surface area contributed by atoms with Crippen molar-refractivity contribution in [2.45, 2.75) is 46.0 Å². The van der Waals surface area contributed by atoms with E-state index < -0.39 is 0 Å². The number of rotatable bonds is 8. The van der Waals surface area contributed by atoms with E-state index in [2.05, 4.69) is 23.6 Å². The highest BCUT2D eigenvalue weighted by molar-refractivity contribution is 5.79. The third-order valence-corrected chi connectivity index (χ3v) is 3.44. The molecule has 100 valence electrons. The van der Waals surface area contributed by atoms with Crippen LogP contribution in [0.5, 0.6) is 0 Å². The summed E-state index contributed by atoms with van der Waals surface area (Å²) < 4.78 is 0. The first-order valence-corrected chi connectivity index (χ1v) is 7.22. The van der Waals surface area contributed by atoms with Crippen molar-refractivity contribution in [1.82, 2.24) is 9.80 Å². The molecule has 17 heavy (non-hydrogen) atoms. The Labute approximate surface area is 106 Å². The maximum absolute atomic E-state index is 11.1. The number of likely N-dealkylation sites (tertiary alicyclic amines) is 1. The van der Waals surface area contributed by atoms with E-state index in [-0.39, 0.29) is 0 Å². The van der Waals surface area contributed by atoms with Gasteiger partial charge in [0, 0.05) is 25.9 Å². The fourth-order valence-electron chi connectivity index (χ4n) is 2.51. The number of hydrogen-bond acceptors (Lipinski definition) is 3. The number of hydrogen-bond donors (Lipinski definition) is 0. The summed E-state index contributed by atoms with van der Waals surface area (Å²) in [7, 11) is 0. The van der Waals surface area contributed by atoms with Gasteiger partial charge in [0.25, 0.3) is 0 Å². The zero-order valence-electron chi connectivity index (χ0n) is 11.6. The molecule has 0 atom stereocenters. The van der Waals surface area contributed by atoms with Gasteiger partial charge in [-0.2, -0.15) is 0 Å². The maximum atomic E-state index is 11.1. The third-order valence-electron chi connectivity index (χ3n) is 3.44. The predicted molar refractivity (Wildman–Crippen MR) is 72.3 cm³/mol. The Kier molecular flexibility index (Phi) is 7.45. The van der Waals surface area contributed by atoms with E-state index in [1.165, 1.54) is 38.9 Å². The molecule has 0 N–H and O–H groups in total. The van der Waals surface area contributed by atoms with Gasteiger partial charge >= 0.3 is 0 Å². The number of Topliss-reactive ketones (excluding diaryl/α,β-unsaturated/α-hetero) is 1. The molecule has 1 heterocycles. The minimum Gasteiger partial charge on any atom is -0.303 e. The van der Waals surface area contributed by atoms with Gasteiger partial charge in [-0.25, -0.2) is 0 Å². The second-order valence-electron chi connectivity index (χ2n) is 5.08. The van der Waals surface area contributed by atoms with Crippen molar-refractivity contribution in [3.8, 4) is 0 Å². The van der Waals surface area contributed by atoms with E-state index in [9.17, 15) is 4.79 Å². The van der Waals surface area contributed by atoms with Crippen LogP contribution in [0.1, 0.15) is 46.0 Å².